The van der Waals surface area contributed by atoms with E-state index in [9.17, 15) is 4.79 Å². The molecule has 0 fully saturated rings. The molecule has 1 heterocycles. The molecule has 0 saturated carbocycles. The van der Waals surface area contributed by atoms with Crippen LogP contribution in [0.15, 0.2) is 22.9 Å². The minimum atomic E-state index is -0.470. The van der Waals surface area contributed by atoms with Crippen molar-refractivity contribution < 1.29 is 4.79 Å². The molecule has 0 aliphatic heterocycles. The lowest BCUT2D eigenvalue weighted by atomic mass is 10.2. The third-order valence-corrected chi connectivity index (χ3v) is 2.87. The van der Waals surface area contributed by atoms with E-state index in [0.29, 0.717) is 6.54 Å². The summed E-state index contributed by atoms with van der Waals surface area (Å²) >= 11 is 3.32. The molecule has 1 aromatic heterocycles. The van der Waals surface area contributed by atoms with Crippen molar-refractivity contribution in [2.24, 2.45) is 5.73 Å². The molecule has 0 bridgehead atoms. The van der Waals surface area contributed by atoms with Crippen LogP contribution in [0.2, 0.25) is 0 Å². The highest BCUT2D eigenvalue weighted by Crippen LogP contribution is 2.13. The molecule has 1 atom stereocenters. The fraction of sp³-hybridized carbons (Fsp3) is 0.500. The summed E-state index contributed by atoms with van der Waals surface area (Å²) in [4.78, 5) is 17.8. The lowest BCUT2D eigenvalue weighted by Crippen LogP contribution is -2.45. The fourth-order valence-electron chi connectivity index (χ4n) is 1.51. The molecule has 94 valence electrons. The van der Waals surface area contributed by atoms with Gasteiger partial charge in [0.25, 0.3) is 0 Å². The Morgan fingerprint density at radius 2 is 2.18 bits per heavy atom. The average Bonchev–Trinajstić information content (AvgIpc) is 2.24. The first-order valence-corrected chi connectivity index (χ1v) is 6.37. The van der Waals surface area contributed by atoms with Gasteiger partial charge in [0.05, 0.1) is 6.04 Å². The van der Waals surface area contributed by atoms with Crippen LogP contribution in [0.5, 0.6) is 0 Å². The van der Waals surface area contributed by atoms with Gasteiger partial charge in [0.15, 0.2) is 0 Å². The van der Waals surface area contributed by atoms with Crippen LogP contribution in [0.25, 0.3) is 0 Å². The summed E-state index contributed by atoms with van der Waals surface area (Å²) in [6, 6.07) is 3.46. The molecular weight excluding hydrogens is 282 g/mol. The van der Waals surface area contributed by atoms with E-state index < -0.39 is 6.04 Å². The fourth-order valence-corrected chi connectivity index (χ4v) is 1.93. The summed E-state index contributed by atoms with van der Waals surface area (Å²) < 4.78 is 0.770. The van der Waals surface area contributed by atoms with Crippen LogP contribution < -0.4 is 5.73 Å². The van der Waals surface area contributed by atoms with Crippen LogP contribution in [-0.2, 0) is 11.3 Å². The largest absolute Gasteiger partial charge is 0.335 e. The predicted octanol–water partition coefficient (Wildman–Crippen LogP) is 1.93. The first-order chi connectivity index (χ1) is 7.91. The summed E-state index contributed by atoms with van der Waals surface area (Å²) in [6.45, 7) is 6.23. The molecule has 1 amide bonds. The number of hydrogen-bond acceptors (Lipinski definition) is 3. The number of nitrogens with zero attached hydrogens (tertiary/aromatic N) is 2. The van der Waals surface area contributed by atoms with Gasteiger partial charge in [-0.2, -0.15) is 0 Å². The van der Waals surface area contributed by atoms with Crippen molar-refractivity contribution in [1.82, 2.24) is 9.88 Å². The van der Waals surface area contributed by atoms with Gasteiger partial charge in [-0.3, -0.25) is 4.79 Å². The van der Waals surface area contributed by atoms with Crippen molar-refractivity contribution in [1.29, 1.82) is 0 Å². The zero-order valence-electron chi connectivity index (χ0n) is 10.4. The van der Waals surface area contributed by atoms with Gasteiger partial charge < -0.3 is 10.6 Å². The third kappa shape index (κ3) is 4.09. The van der Waals surface area contributed by atoms with E-state index in [0.717, 1.165) is 10.2 Å². The monoisotopic (exact) mass is 299 g/mol. The molecule has 17 heavy (non-hydrogen) atoms. The van der Waals surface area contributed by atoms with Crippen LogP contribution in [0.4, 0.5) is 0 Å². The van der Waals surface area contributed by atoms with Crippen molar-refractivity contribution in [2.75, 3.05) is 0 Å². The van der Waals surface area contributed by atoms with Gasteiger partial charge >= 0.3 is 0 Å². The Morgan fingerprint density at radius 1 is 1.53 bits per heavy atom. The van der Waals surface area contributed by atoms with Crippen molar-refractivity contribution in [3.05, 3.63) is 28.5 Å². The van der Waals surface area contributed by atoms with Crippen molar-refractivity contribution in [2.45, 2.75) is 39.4 Å². The number of carbonyl (C=O) groups excluding carboxylic acids is 1. The molecule has 2 N–H and O–H groups in total. The second-order valence-corrected chi connectivity index (χ2v) is 5.15. The molecule has 0 aliphatic rings. The van der Waals surface area contributed by atoms with Gasteiger partial charge in [-0.1, -0.05) is 0 Å². The molecule has 4 nitrogen and oxygen atoms in total. The summed E-state index contributed by atoms with van der Waals surface area (Å²) in [7, 11) is 0. The summed E-state index contributed by atoms with van der Waals surface area (Å²) in [5.41, 5.74) is 6.68. The molecule has 0 spiro atoms. The van der Waals surface area contributed by atoms with Crippen molar-refractivity contribution >= 4 is 21.8 Å². The second-order valence-electron chi connectivity index (χ2n) is 4.34. The Hall–Kier alpha value is -0.940. The highest BCUT2D eigenvalue weighted by atomic mass is 79.9. The standard InChI is InChI=1S/C12H18BrN3O/c1-8(2)16(12(17)9(3)14)7-10-4-5-15-11(13)6-10/h4-6,8-9H,7,14H2,1-3H3/t9-/m0/s1. The van der Waals surface area contributed by atoms with Gasteiger partial charge in [0, 0.05) is 18.8 Å². The number of hydrogen-bond donors (Lipinski definition) is 1. The van der Waals surface area contributed by atoms with Gasteiger partial charge in [-0.25, -0.2) is 4.98 Å². The molecule has 1 aromatic rings. The smallest absolute Gasteiger partial charge is 0.239 e. The predicted molar refractivity (Wildman–Crippen MR) is 71.3 cm³/mol. The number of nitrogens with two attached hydrogens (primary N) is 1. The van der Waals surface area contributed by atoms with Gasteiger partial charge in [0.1, 0.15) is 4.60 Å². The Labute approximate surface area is 110 Å². The lowest BCUT2D eigenvalue weighted by Gasteiger charge is -2.28. The van der Waals surface area contributed by atoms with E-state index in [-0.39, 0.29) is 11.9 Å². The lowest BCUT2D eigenvalue weighted by molar-refractivity contribution is -0.134. The van der Waals surface area contributed by atoms with Gasteiger partial charge in [0.2, 0.25) is 5.91 Å². The summed E-state index contributed by atoms with van der Waals surface area (Å²) in [5, 5.41) is 0. The molecule has 0 radical (unpaired) electrons. The van der Waals surface area contributed by atoms with Crippen LogP contribution in [0, 0.1) is 0 Å². The number of amides is 1. The van der Waals surface area contributed by atoms with E-state index in [1.54, 1.807) is 18.0 Å². The van der Waals surface area contributed by atoms with E-state index in [4.69, 9.17) is 5.73 Å². The summed E-state index contributed by atoms with van der Waals surface area (Å²) in [6.07, 6.45) is 1.72. The van der Waals surface area contributed by atoms with Crippen LogP contribution in [0.1, 0.15) is 26.3 Å². The molecular formula is C12H18BrN3O. The van der Waals surface area contributed by atoms with E-state index in [2.05, 4.69) is 20.9 Å². The van der Waals surface area contributed by atoms with E-state index in [1.165, 1.54) is 0 Å². The van der Waals surface area contributed by atoms with E-state index >= 15 is 0 Å². The van der Waals surface area contributed by atoms with Crippen molar-refractivity contribution in [3.8, 4) is 0 Å². The quantitative estimate of drug-likeness (QED) is 0.864. The third-order valence-electron chi connectivity index (χ3n) is 2.44. The highest BCUT2D eigenvalue weighted by molar-refractivity contribution is 9.10. The highest BCUT2D eigenvalue weighted by Gasteiger charge is 2.20. The normalized spacial score (nSPS) is 12.6. The van der Waals surface area contributed by atoms with Crippen LogP contribution in [0.3, 0.4) is 0 Å². The minimum Gasteiger partial charge on any atom is -0.335 e. The number of carbonyl (C=O) groups is 1. The van der Waals surface area contributed by atoms with Crippen LogP contribution >= 0.6 is 15.9 Å². The number of pyridine rings is 1. The zero-order chi connectivity index (χ0) is 13.0. The first kappa shape index (κ1) is 14.1. The summed E-state index contributed by atoms with van der Waals surface area (Å²) in [5.74, 6) is -0.0343. The Bertz CT molecular complexity index is 393. The zero-order valence-corrected chi connectivity index (χ0v) is 11.9. The Balaban J connectivity index is 2.84. The second kappa shape index (κ2) is 6.12. The molecule has 1 rings (SSSR count). The number of halogens is 1. The first-order valence-electron chi connectivity index (χ1n) is 5.58. The topological polar surface area (TPSA) is 59.2 Å². The van der Waals surface area contributed by atoms with Crippen LogP contribution in [-0.4, -0.2) is 27.9 Å². The Morgan fingerprint density at radius 3 is 2.65 bits per heavy atom. The van der Waals surface area contributed by atoms with Gasteiger partial charge in [-0.05, 0) is 54.4 Å². The molecule has 0 unspecified atom stereocenters. The molecule has 5 heteroatoms. The molecule has 0 aliphatic carbocycles. The van der Waals surface area contributed by atoms with Crippen molar-refractivity contribution in [3.63, 3.8) is 0 Å². The average molecular weight is 300 g/mol. The van der Waals surface area contributed by atoms with Gasteiger partial charge in [-0.15, -0.1) is 0 Å². The maximum atomic E-state index is 11.9. The maximum Gasteiger partial charge on any atom is 0.239 e. The maximum absolute atomic E-state index is 11.9. The minimum absolute atomic E-state index is 0.0343. The SMILES string of the molecule is CC(C)N(Cc1ccnc(Br)c1)C(=O)[C@H](C)N. The van der Waals surface area contributed by atoms with E-state index in [1.807, 2.05) is 26.0 Å². The number of rotatable bonds is 4. The Kier molecular flexibility index (Phi) is 5.08. The molecule has 0 aromatic carbocycles. The molecule has 0 saturated heterocycles. The number of aromatic nitrogens is 1.